The highest BCUT2D eigenvalue weighted by atomic mass is 79.9. The van der Waals surface area contributed by atoms with Crippen LogP contribution in [0, 0.1) is 17.8 Å². The first-order valence-corrected chi connectivity index (χ1v) is 9.89. The molecule has 0 radical (unpaired) electrons. The summed E-state index contributed by atoms with van der Waals surface area (Å²) >= 11 is 0. The van der Waals surface area contributed by atoms with E-state index in [1.54, 1.807) is 0 Å². The maximum absolute atomic E-state index is 13.3. The molecule has 0 amide bonds. The summed E-state index contributed by atoms with van der Waals surface area (Å²) in [5.74, 6) is 0.318. The number of esters is 1. The van der Waals surface area contributed by atoms with Crippen LogP contribution in [0.3, 0.4) is 0 Å². The number of halogens is 1. The van der Waals surface area contributed by atoms with Gasteiger partial charge < -0.3 is 15.2 Å². The number of hydrogen-bond acceptors (Lipinski definition) is 4. The third-order valence-corrected chi connectivity index (χ3v) is 6.61. The van der Waals surface area contributed by atoms with Gasteiger partial charge >= 0.3 is 5.97 Å². The first-order valence-electron chi connectivity index (χ1n) is 9.89. The number of carbonyl (C=O) groups is 1. The summed E-state index contributed by atoms with van der Waals surface area (Å²) in [7, 11) is 0. The summed E-state index contributed by atoms with van der Waals surface area (Å²) in [5.41, 5.74) is -0.817. The van der Waals surface area contributed by atoms with Gasteiger partial charge in [-0.25, -0.2) is 4.79 Å². The van der Waals surface area contributed by atoms with Crippen molar-refractivity contribution in [2.75, 3.05) is 13.1 Å². The highest BCUT2D eigenvalue weighted by Crippen LogP contribution is 2.43. The molecule has 1 aromatic rings. The van der Waals surface area contributed by atoms with Gasteiger partial charge in [0.15, 0.2) is 5.60 Å². The fourth-order valence-corrected chi connectivity index (χ4v) is 5.21. The van der Waals surface area contributed by atoms with Crippen LogP contribution in [0.15, 0.2) is 30.3 Å². The van der Waals surface area contributed by atoms with Crippen LogP contribution in [0.4, 0.5) is 0 Å². The third-order valence-electron chi connectivity index (χ3n) is 6.61. The van der Waals surface area contributed by atoms with Gasteiger partial charge in [0.2, 0.25) is 0 Å². The average molecular weight is 424 g/mol. The van der Waals surface area contributed by atoms with Gasteiger partial charge in [-0.3, -0.25) is 0 Å². The molecule has 26 heavy (non-hydrogen) atoms. The lowest BCUT2D eigenvalue weighted by molar-refractivity contribution is -0.188. The number of aliphatic hydroxyl groups is 1. The molecule has 2 N–H and O–H groups in total. The summed E-state index contributed by atoms with van der Waals surface area (Å²) in [5, 5.41) is 15.0. The highest BCUT2D eigenvalue weighted by molar-refractivity contribution is 8.93. The Morgan fingerprint density at radius 1 is 1.00 bits per heavy atom. The molecule has 144 valence electrons. The SMILES string of the molecule is Br.O=C(OC1C2CCCC1CNC2)[C@](O)(c1ccccc1)C1CCCC1. The zero-order valence-electron chi connectivity index (χ0n) is 15.2. The van der Waals surface area contributed by atoms with E-state index < -0.39 is 11.6 Å². The smallest absolute Gasteiger partial charge is 0.343 e. The van der Waals surface area contributed by atoms with Crippen LogP contribution < -0.4 is 5.32 Å². The van der Waals surface area contributed by atoms with Gasteiger partial charge in [-0.15, -0.1) is 17.0 Å². The molecule has 4 rings (SSSR count). The van der Waals surface area contributed by atoms with Crippen molar-refractivity contribution in [3.8, 4) is 0 Å². The maximum atomic E-state index is 13.3. The van der Waals surface area contributed by atoms with E-state index in [1.807, 2.05) is 30.3 Å². The molecule has 1 aromatic carbocycles. The quantitative estimate of drug-likeness (QED) is 0.726. The van der Waals surface area contributed by atoms with E-state index in [1.165, 1.54) is 6.42 Å². The average Bonchev–Trinajstić information content (AvgIpc) is 3.16. The first kappa shape index (κ1) is 19.8. The standard InChI is InChI=1S/C21H29NO3.BrH/c23-20(25-19-15-7-6-8-16(19)14-22-13-15)21(24,18-11-4-5-12-18)17-9-2-1-3-10-17;/h1-3,9-10,15-16,18-19,22,24H,4-8,11-14H2;1H/t15?,16?,19?,21-;/m0./s1. The van der Waals surface area contributed by atoms with Crippen molar-refractivity contribution >= 4 is 23.0 Å². The Bertz CT molecular complexity index is 583. The Labute approximate surface area is 166 Å². The van der Waals surface area contributed by atoms with E-state index in [9.17, 15) is 9.90 Å². The van der Waals surface area contributed by atoms with Gasteiger partial charge in [-0.1, -0.05) is 49.6 Å². The minimum Gasteiger partial charge on any atom is -0.459 e. The molecule has 3 fully saturated rings. The molecule has 5 heteroatoms. The Balaban J connectivity index is 0.00000196. The number of carbonyl (C=O) groups excluding carboxylic acids is 1. The van der Waals surface area contributed by atoms with Crippen molar-refractivity contribution in [1.82, 2.24) is 5.32 Å². The fraction of sp³-hybridized carbons (Fsp3) is 0.667. The highest BCUT2D eigenvalue weighted by Gasteiger charge is 2.50. The number of rotatable bonds is 4. The maximum Gasteiger partial charge on any atom is 0.343 e. The number of ether oxygens (including phenoxy) is 1. The molecule has 0 spiro atoms. The van der Waals surface area contributed by atoms with Crippen molar-refractivity contribution in [1.29, 1.82) is 0 Å². The predicted molar refractivity (Wildman–Crippen MR) is 106 cm³/mol. The minimum atomic E-state index is -1.50. The van der Waals surface area contributed by atoms with E-state index in [4.69, 9.17) is 4.74 Å². The summed E-state index contributed by atoms with van der Waals surface area (Å²) in [6, 6.07) is 9.43. The van der Waals surface area contributed by atoms with Crippen LogP contribution in [-0.4, -0.2) is 30.3 Å². The van der Waals surface area contributed by atoms with E-state index in [2.05, 4.69) is 5.32 Å². The Kier molecular flexibility index (Phi) is 6.41. The predicted octanol–water partition coefficient (Wildman–Crippen LogP) is 3.57. The molecule has 0 aromatic heterocycles. The van der Waals surface area contributed by atoms with Crippen LogP contribution in [0.2, 0.25) is 0 Å². The lowest BCUT2D eigenvalue weighted by Crippen LogP contribution is -2.54. The molecule has 1 aliphatic heterocycles. The summed E-state index contributed by atoms with van der Waals surface area (Å²) in [4.78, 5) is 13.3. The van der Waals surface area contributed by atoms with Gasteiger partial charge in [-0.05, 0) is 31.2 Å². The molecule has 4 nitrogen and oxygen atoms in total. The lowest BCUT2D eigenvalue weighted by Gasteiger charge is -2.43. The van der Waals surface area contributed by atoms with Gasteiger partial charge in [0.1, 0.15) is 6.10 Å². The fourth-order valence-electron chi connectivity index (χ4n) is 5.21. The monoisotopic (exact) mass is 423 g/mol. The molecule has 2 saturated carbocycles. The largest absolute Gasteiger partial charge is 0.459 e. The van der Waals surface area contributed by atoms with Gasteiger partial charge in [-0.2, -0.15) is 0 Å². The second kappa shape index (κ2) is 8.41. The van der Waals surface area contributed by atoms with Crippen molar-refractivity contribution in [3.63, 3.8) is 0 Å². The van der Waals surface area contributed by atoms with Gasteiger partial charge in [0, 0.05) is 30.8 Å². The molecule has 1 saturated heterocycles. The lowest BCUT2D eigenvalue weighted by atomic mass is 9.75. The van der Waals surface area contributed by atoms with Crippen molar-refractivity contribution in [2.45, 2.75) is 56.7 Å². The second-order valence-corrected chi connectivity index (χ2v) is 8.09. The van der Waals surface area contributed by atoms with E-state index >= 15 is 0 Å². The van der Waals surface area contributed by atoms with Gasteiger partial charge in [0.05, 0.1) is 0 Å². The van der Waals surface area contributed by atoms with Crippen molar-refractivity contribution in [3.05, 3.63) is 35.9 Å². The summed E-state index contributed by atoms with van der Waals surface area (Å²) in [6.07, 6.45) is 7.32. The van der Waals surface area contributed by atoms with Crippen LogP contribution in [0.1, 0.15) is 50.5 Å². The second-order valence-electron chi connectivity index (χ2n) is 8.09. The number of fused-ring (bicyclic) bond motifs is 2. The molecular weight excluding hydrogens is 394 g/mol. The van der Waals surface area contributed by atoms with E-state index in [0.717, 1.165) is 51.6 Å². The van der Waals surface area contributed by atoms with E-state index in [-0.39, 0.29) is 29.0 Å². The summed E-state index contributed by atoms with van der Waals surface area (Å²) in [6.45, 7) is 1.84. The van der Waals surface area contributed by atoms with E-state index in [0.29, 0.717) is 17.4 Å². The van der Waals surface area contributed by atoms with Crippen LogP contribution in [0.5, 0.6) is 0 Å². The molecule has 3 atom stereocenters. The molecular formula is C21H30BrNO3. The first-order chi connectivity index (χ1) is 12.2. The molecule has 2 aliphatic carbocycles. The zero-order chi connectivity index (χ0) is 17.3. The van der Waals surface area contributed by atoms with Crippen LogP contribution >= 0.6 is 17.0 Å². The summed E-state index contributed by atoms with van der Waals surface area (Å²) < 4.78 is 6.06. The minimum absolute atomic E-state index is 0. The molecule has 2 unspecified atom stereocenters. The number of benzene rings is 1. The third kappa shape index (κ3) is 3.58. The molecule has 1 heterocycles. The topological polar surface area (TPSA) is 58.6 Å². The Morgan fingerprint density at radius 2 is 1.62 bits per heavy atom. The van der Waals surface area contributed by atoms with Crippen LogP contribution in [-0.2, 0) is 15.1 Å². The molecule has 3 aliphatic rings. The van der Waals surface area contributed by atoms with Crippen molar-refractivity contribution < 1.29 is 14.6 Å². The molecule has 2 bridgehead atoms. The number of nitrogens with one attached hydrogen (secondary N) is 1. The zero-order valence-corrected chi connectivity index (χ0v) is 16.9. The van der Waals surface area contributed by atoms with Gasteiger partial charge in [0.25, 0.3) is 0 Å². The number of piperidine rings is 1. The Hall–Kier alpha value is -0.910. The number of hydrogen-bond donors (Lipinski definition) is 2. The van der Waals surface area contributed by atoms with Crippen molar-refractivity contribution in [2.24, 2.45) is 17.8 Å². The van der Waals surface area contributed by atoms with Crippen LogP contribution in [0.25, 0.3) is 0 Å². The normalized spacial score (nSPS) is 30.9. The Morgan fingerprint density at radius 3 is 2.23 bits per heavy atom.